The number of ether oxygens (including phenoxy) is 1. The molecule has 0 spiro atoms. The summed E-state index contributed by atoms with van der Waals surface area (Å²) in [6.45, 7) is 11.0. The predicted molar refractivity (Wildman–Crippen MR) is 102 cm³/mol. The van der Waals surface area contributed by atoms with Gasteiger partial charge in [0, 0.05) is 25.7 Å². The standard InChI is InChI=1S/C16H33N3O.HI/c1-5-17-16(19-13(3)4)18-12-11-15(20-6-2)14-9-7-8-10-14;/h13-15H,5-12H2,1-4H3,(H2,17,18,19);1H. The first-order chi connectivity index (χ1) is 9.67. The molecule has 5 heteroatoms. The van der Waals surface area contributed by atoms with Crippen molar-refractivity contribution in [2.75, 3.05) is 19.7 Å². The van der Waals surface area contributed by atoms with Crippen molar-refractivity contribution in [3.05, 3.63) is 0 Å². The number of nitrogens with one attached hydrogen (secondary N) is 2. The number of aliphatic imine (C=N–C) groups is 1. The van der Waals surface area contributed by atoms with E-state index in [-0.39, 0.29) is 24.0 Å². The first-order valence-electron chi connectivity index (χ1n) is 8.33. The number of nitrogens with zero attached hydrogens (tertiary/aromatic N) is 1. The van der Waals surface area contributed by atoms with Gasteiger partial charge in [-0.05, 0) is 52.9 Å². The molecule has 1 saturated carbocycles. The van der Waals surface area contributed by atoms with E-state index < -0.39 is 0 Å². The molecule has 0 aromatic carbocycles. The Hall–Kier alpha value is -0.0400. The first kappa shape index (κ1) is 21.0. The molecule has 0 aromatic rings. The lowest BCUT2D eigenvalue weighted by Crippen LogP contribution is -2.41. The second-order valence-electron chi connectivity index (χ2n) is 5.89. The smallest absolute Gasteiger partial charge is 0.191 e. The van der Waals surface area contributed by atoms with Crippen LogP contribution in [-0.4, -0.2) is 37.8 Å². The minimum Gasteiger partial charge on any atom is -0.378 e. The highest BCUT2D eigenvalue weighted by Gasteiger charge is 2.24. The van der Waals surface area contributed by atoms with E-state index in [0.29, 0.717) is 12.1 Å². The molecule has 4 nitrogen and oxygen atoms in total. The van der Waals surface area contributed by atoms with Gasteiger partial charge >= 0.3 is 0 Å². The average Bonchev–Trinajstić information content (AvgIpc) is 2.91. The highest BCUT2D eigenvalue weighted by atomic mass is 127. The van der Waals surface area contributed by atoms with E-state index in [1.54, 1.807) is 0 Å². The molecule has 1 fully saturated rings. The number of rotatable bonds is 8. The zero-order valence-electron chi connectivity index (χ0n) is 14.2. The molecule has 0 amide bonds. The summed E-state index contributed by atoms with van der Waals surface area (Å²) >= 11 is 0. The summed E-state index contributed by atoms with van der Waals surface area (Å²) in [6.07, 6.45) is 6.84. The molecule has 1 atom stereocenters. The SMILES string of the molecule is CCNC(=NCCC(OCC)C1CCCC1)NC(C)C.I. The third-order valence-electron chi connectivity index (χ3n) is 3.76. The summed E-state index contributed by atoms with van der Waals surface area (Å²) in [4.78, 5) is 4.66. The minimum absolute atomic E-state index is 0. The molecule has 0 heterocycles. The zero-order valence-corrected chi connectivity index (χ0v) is 16.5. The number of hydrogen-bond acceptors (Lipinski definition) is 2. The summed E-state index contributed by atoms with van der Waals surface area (Å²) in [5, 5.41) is 6.64. The van der Waals surface area contributed by atoms with Gasteiger partial charge in [0.2, 0.25) is 0 Å². The molecule has 1 aliphatic carbocycles. The minimum atomic E-state index is 0. The molecule has 2 N–H and O–H groups in total. The van der Waals surface area contributed by atoms with Crippen LogP contribution in [0.2, 0.25) is 0 Å². The number of guanidine groups is 1. The maximum atomic E-state index is 5.94. The first-order valence-corrected chi connectivity index (χ1v) is 8.33. The van der Waals surface area contributed by atoms with Gasteiger partial charge in [-0.2, -0.15) is 0 Å². The van der Waals surface area contributed by atoms with Crippen LogP contribution in [0.5, 0.6) is 0 Å². The van der Waals surface area contributed by atoms with Crippen molar-refractivity contribution >= 4 is 29.9 Å². The fraction of sp³-hybridized carbons (Fsp3) is 0.938. The molecule has 1 unspecified atom stereocenters. The van der Waals surface area contributed by atoms with Crippen LogP contribution in [0, 0.1) is 5.92 Å². The van der Waals surface area contributed by atoms with Crippen molar-refractivity contribution < 1.29 is 4.74 Å². The Bertz CT molecular complexity index is 279. The largest absolute Gasteiger partial charge is 0.378 e. The lowest BCUT2D eigenvalue weighted by Gasteiger charge is -2.23. The van der Waals surface area contributed by atoms with Crippen molar-refractivity contribution in [2.45, 2.75) is 71.9 Å². The van der Waals surface area contributed by atoms with Crippen LogP contribution in [-0.2, 0) is 4.74 Å². The van der Waals surface area contributed by atoms with Crippen LogP contribution in [0.1, 0.15) is 59.8 Å². The average molecular weight is 411 g/mol. The van der Waals surface area contributed by atoms with Crippen molar-refractivity contribution in [3.8, 4) is 0 Å². The molecule has 0 saturated heterocycles. The van der Waals surface area contributed by atoms with Gasteiger partial charge in [0.1, 0.15) is 0 Å². The molecule has 0 radical (unpaired) electrons. The van der Waals surface area contributed by atoms with Crippen LogP contribution in [0.15, 0.2) is 4.99 Å². The van der Waals surface area contributed by atoms with E-state index in [2.05, 4.69) is 43.3 Å². The highest BCUT2D eigenvalue weighted by Crippen LogP contribution is 2.30. The maximum Gasteiger partial charge on any atom is 0.191 e. The monoisotopic (exact) mass is 411 g/mol. The third kappa shape index (κ3) is 8.86. The van der Waals surface area contributed by atoms with Gasteiger partial charge in [0.05, 0.1) is 6.10 Å². The van der Waals surface area contributed by atoms with Crippen LogP contribution in [0.3, 0.4) is 0 Å². The van der Waals surface area contributed by atoms with Gasteiger partial charge in [0.25, 0.3) is 0 Å². The Kier molecular flexibility index (Phi) is 12.5. The summed E-state index contributed by atoms with van der Waals surface area (Å²) in [7, 11) is 0. The van der Waals surface area contributed by atoms with Crippen molar-refractivity contribution in [2.24, 2.45) is 10.9 Å². The molecule has 1 aliphatic rings. The zero-order chi connectivity index (χ0) is 14.8. The highest BCUT2D eigenvalue weighted by molar-refractivity contribution is 14.0. The summed E-state index contributed by atoms with van der Waals surface area (Å²) in [6, 6.07) is 0.408. The van der Waals surface area contributed by atoms with Gasteiger partial charge in [-0.1, -0.05) is 12.8 Å². The predicted octanol–water partition coefficient (Wildman–Crippen LogP) is 3.55. The Morgan fingerprint density at radius 1 is 1.24 bits per heavy atom. The molecule has 0 aromatic heterocycles. The Morgan fingerprint density at radius 3 is 2.43 bits per heavy atom. The van der Waals surface area contributed by atoms with Crippen molar-refractivity contribution in [1.82, 2.24) is 10.6 Å². The quantitative estimate of drug-likeness (QED) is 0.365. The normalized spacial score (nSPS) is 17.7. The Balaban J connectivity index is 0.00000400. The van der Waals surface area contributed by atoms with E-state index >= 15 is 0 Å². The van der Waals surface area contributed by atoms with Crippen LogP contribution in [0.4, 0.5) is 0 Å². The number of halogens is 1. The van der Waals surface area contributed by atoms with Gasteiger partial charge in [-0.15, -0.1) is 24.0 Å². The van der Waals surface area contributed by atoms with Crippen LogP contribution >= 0.6 is 24.0 Å². The van der Waals surface area contributed by atoms with Gasteiger partial charge in [0.15, 0.2) is 5.96 Å². The number of hydrogen-bond donors (Lipinski definition) is 2. The van der Waals surface area contributed by atoms with E-state index in [0.717, 1.165) is 38.0 Å². The molecule has 0 bridgehead atoms. The van der Waals surface area contributed by atoms with Crippen molar-refractivity contribution in [1.29, 1.82) is 0 Å². The van der Waals surface area contributed by atoms with E-state index in [1.165, 1.54) is 25.7 Å². The summed E-state index contributed by atoms with van der Waals surface area (Å²) in [5.74, 6) is 1.68. The van der Waals surface area contributed by atoms with Gasteiger partial charge in [-0.3, -0.25) is 4.99 Å². The lowest BCUT2D eigenvalue weighted by atomic mass is 9.98. The maximum absolute atomic E-state index is 5.94. The van der Waals surface area contributed by atoms with Gasteiger partial charge in [-0.25, -0.2) is 0 Å². The fourth-order valence-electron chi connectivity index (χ4n) is 2.90. The lowest BCUT2D eigenvalue weighted by molar-refractivity contribution is 0.0177. The van der Waals surface area contributed by atoms with Gasteiger partial charge < -0.3 is 15.4 Å². The van der Waals surface area contributed by atoms with Crippen LogP contribution in [0.25, 0.3) is 0 Å². The second-order valence-corrected chi connectivity index (χ2v) is 5.89. The molecule has 0 aliphatic heterocycles. The summed E-state index contributed by atoms with van der Waals surface area (Å²) < 4.78 is 5.94. The fourth-order valence-corrected chi connectivity index (χ4v) is 2.90. The topological polar surface area (TPSA) is 45.7 Å². The van der Waals surface area contributed by atoms with E-state index in [1.807, 2.05) is 0 Å². The third-order valence-corrected chi connectivity index (χ3v) is 3.76. The Labute approximate surface area is 147 Å². The van der Waals surface area contributed by atoms with Crippen molar-refractivity contribution in [3.63, 3.8) is 0 Å². The molecular weight excluding hydrogens is 377 g/mol. The molecule has 126 valence electrons. The molecule has 1 rings (SSSR count). The second kappa shape index (κ2) is 12.5. The van der Waals surface area contributed by atoms with Crippen LogP contribution < -0.4 is 10.6 Å². The molecule has 21 heavy (non-hydrogen) atoms. The molecular formula is C16H34IN3O. The van der Waals surface area contributed by atoms with E-state index in [4.69, 9.17) is 4.74 Å². The van der Waals surface area contributed by atoms with E-state index in [9.17, 15) is 0 Å². The Morgan fingerprint density at radius 2 is 1.90 bits per heavy atom. The summed E-state index contributed by atoms with van der Waals surface area (Å²) in [5.41, 5.74) is 0.